The quantitative estimate of drug-likeness (QED) is 0.807. The van der Waals surface area contributed by atoms with Crippen molar-refractivity contribution in [2.45, 2.75) is 62.5 Å². The Kier molecular flexibility index (Phi) is 5.27. The van der Waals surface area contributed by atoms with Gasteiger partial charge < -0.3 is 10.1 Å². The molecule has 3 heterocycles. The van der Waals surface area contributed by atoms with Crippen molar-refractivity contribution in [3.05, 3.63) is 54.4 Å². The average molecular weight is 352 g/mol. The normalized spacial score (nSPS) is 24.8. The van der Waals surface area contributed by atoms with Gasteiger partial charge in [-0.2, -0.15) is 0 Å². The van der Waals surface area contributed by atoms with Gasteiger partial charge in [0.1, 0.15) is 6.33 Å². The van der Waals surface area contributed by atoms with E-state index < -0.39 is 0 Å². The van der Waals surface area contributed by atoms with Crippen LogP contribution in [0.1, 0.15) is 56.2 Å². The molecule has 2 fully saturated rings. The molecule has 1 aliphatic carbocycles. The monoisotopic (exact) mass is 352 g/mol. The standard InChI is InChI=1S/C21H28N4O/c1-4-10-25-19(5-1)20(8-11-22-13-18-14-23-17-24-15-18)9-12-26-21(16-20)6-2-3-7-21/h1,4-5,10,14-15,17,22H,2-3,6-9,11-13,16H2. The number of pyridine rings is 1. The van der Waals surface area contributed by atoms with E-state index in [1.54, 1.807) is 6.33 Å². The SMILES string of the molecule is c1ccc(C2(CCNCc3cncnc3)CCOC3(CCCC3)C2)nc1. The third-order valence-electron chi connectivity index (χ3n) is 6.10. The molecule has 2 aromatic rings. The van der Waals surface area contributed by atoms with Crippen LogP contribution in [0, 0.1) is 0 Å². The minimum Gasteiger partial charge on any atom is -0.375 e. The van der Waals surface area contributed by atoms with Crippen molar-refractivity contribution >= 4 is 0 Å². The number of hydrogen-bond acceptors (Lipinski definition) is 5. The second-order valence-corrected chi connectivity index (χ2v) is 7.83. The van der Waals surface area contributed by atoms with Gasteiger partial charge in [-0.1, -0.05) is 18.9 Å². The fourth-order valence-corrected chi connectivity index (χ4v) is 4.78. The Bertz CT molecular complexity index is 688. The van der Waals surface area contributed by atoms with Crippen LogP contribution in [0.2, 0.25) is 0 Å². The molecular formula is C21H28N4O. The maximum absolute atomic E-state index is 6.31. The van der Waals surface area contributed by atoms with Gasteiger partial charge in [-0.05, 0) is 50.8 Å². The van der Waals surface area contributed by atoms with E-state index in [0.717, 1.165) is 44.5 Å². The molecule has 1 aliphatic heterocycles. The molecule has 138 valence electrons. The number of nitrogens with one attached hydrogen (secondary N) is 1. The molecule has 1 atom stereocenters. The van der Waals surface area contributed by atoms with Crippen LogP contribution in [0.15, 0.2) is 43.1 Å². The molecule has 4 rings (SSSR count). The highest BCUT2D eigenvalue weighted by Gasteiger charge is 2.48. The first-order valence-electron chi connectivity index (χ1n) is 9.81. The maximum atomic E-state index is 6.31. The second-order valence-electron chi connectivity index (χ2n) is 7.83. The van der Waals surface area contributed by atoms with Crippen LogP contribution in [0.25, 0.3) is 0 Å². The van der Waals surface area contributed by atoms with Gasteiger partial charge in [-0.3, -0.25) is 4.98 Å². The third-order valence-corrected chi connectivity index (χ3v) is 6.10. The van der Waals surface area contributed by atoms with Gasteiger partial charge >= 0.3 is 0 Å². The summed E-state index contributed by atoms with van der Waals surface area (Å²) in [7, 11) is 0. The molecule has 0 radical (unpaired) electrons. The Labute approximate surface area is 155 Å². The van der Waals surface area contributed by atoms with Gasteiger partial charge in [-0.25, -0.2) is 9.97 Å². The van der Waals surface area contributed by atoms with Crippen molar-refractivity contribution in [3.63, 3.8) is 0 Å². The van der Waals surface area contributed by atoms with Gasteiger partial charge in [0.2, 0.25) is 0 Å². The van der Waals surface area contributed by atoms with E-state index in [1.165, 1.54) is 31.4 Å². The summed E-state index contributed by atoms with van der Waals surface area (Å²) in [6, 6.07) is 6.34. The van der Waals surface area contributed by atoms with E-state index in [-0.39, 0.29) is 11.0 Å². The maximum Gasteiger partial charge on any atom is 0.115 e. The Morgan fingerprint density at radius 1 is 1.08 bits per heavy atom. The lowest BCUT2D eigenvalue weighted by molar-refractivity contribution is -0.104. The molecule has 1 saturated heterocycles. The molecule has 0 bridgehead atoms. The van der Waals surface area contributed by atoms with Crippen molar-refractivity contribution in [1.29, 1.82) is 0 Å². The predicted octanol–water partition coefficient (Wildman–Crippen LogP) is 3.41. The van der Waals surface area contributed by atoms with Crippen molar-refractivity contribution < 1.29 is 4.74 Å². The Morgan fingerprint density at radius 3 is 2.69 bits per heavy atom. The lowest BCUT2D eigenvalue weighted by Crippen LogP contribution is -2.47. The number of nitrogens with zero attached hydrogens (tertiary/aromatic N) is 3. The van der Waals surface area contributed by atoms with Crippen molar-refractivity contribution in [2.24, 2.45) is 0 Å². The molecule has 1 N–H and O–H groups in total. The summed E-state index contributed by atoms with van der Waals surface area (Å²) in [6.45, 7) is 2.62. The molecule has 2 aromatic heterocycles. The Balaban J connectivity index is 1.46. The molecule has 5 heteroatoms. The van der Waals surface area contributed by atoms with Gasteiger partial charge in [0, 0.05) is 48.4 Å². The minimum absolute atomic E-state index is 0.0864. The molecular weight excluding hydrogens is 324 g/mol. The van der Waals surface area contributed by atoms with E-state index in [1.807, 2.05) is 24.7 Å². The number of hydrogen-bond donors (Lipinski definition) is 1. The molecule has 1 saturated carbocycles. The van der Waals surface area contributed by atoms with Gasteiger partial charge in [0.05, 0.1) is 5.60 Å². The van der Waals surface area contributed by atoms with Crippen LogP contribution in [-0.2, 0) is 16.7 Å². The highest BCUT2D eigenvalue weighted by molar-refractivity contribution is 5.20. The zero-order chi connectivity index (χ0) is 17.7. The molecule has 26 heavy (non-hydrogen) atoms. The topological polar surface area (TPSA) is 59.9 Å². The first-order chi connectivity index (χ1) is 12.8. The molecule has 1 spiro atoms. The van der Waals surface area contributed by atoms with Gasteiger partial charge in [0.25, 0.3) is 0 Å². The molecule has 2 aliphatic rings. The lowest BCUT2D eigenvalue weighted by atomic mass is 9.68. The zero-order valence-electron chi connectivity index (χ0n) is 15.4. The highest BCUT2D eigenvalue weighted by atomic mass is 16.5. The number of rotatable bonds is 6. The Morgan fingerprint density at radius 2 is 1.92 bits per heavy atom. The zero-order valence-corrected chi connectivity index (χ0v) is 15.4. The molecule has 0 aromatic carbocycles. The van der Waals surface area contributed by atoms with E-state index in [2.05, 4.69) is 27.4 Å². The van der Waals surface area contributed by atoms with Gasteiger partial charge in [-0.15, -0.1) is 0 Å². The molecule has 0 amide bonds. The first kappa shape index (κ1) is 17.6. The van der Waals surface area contributed by atoms with E-state index in [4.69, 9.17) is 9.72 Å². The van der Waals surface area contributed by atoms with Crippen LogP contribution in [0.5, 0.6) is 0 Å². The summed E-state index contributed by atoms with van der Waals surface area (Å²) in [5, 5.41) is 3.57. The Hall–Kier alpha value is -1.85. The summed E-state index contributed by atoms with van der Waals surface area (Å²) in [6.07, 6.45) is 15.5. The minimum atomic E-state index is 0.0864. The first-order valence-corrected chi connectivity index (χ1v) is 9.81. The highest BCUT2D eigenvalue weighted by Crippen LogP contribution is 2.49. The summed E-state index contributed by atoms with van der Waals surface area (Å²) in [5.41, 5.74) is 2.56. The lowest BCUT2D eigenvalue weighted by Gasteiger charge is -2.46. The fourth-order valence-electron chi connectivity index (χ4n) is 4.78. The van der Waals surface area contributed by atoms with Gasteiger partial charge in [0.15, 0.2) is 0 Å². The van der Waals surface area contributed by atoms with Crippen LogP contribution < -0.4 is 5.32 Å². The van der Waals surface area contributed by atoms with E-state index in [9.17, 15) is 0 Å². The largest absolute Gasteiger partial charge is 0.375 e. The summed E-state index contributed by atoms with van der Waals surface area (Å²) < 4.78 is 6.31. The number of ether oxygens (including phenoxy) is 1. The van der Waals surface area contributed by atoms with Crippen LogP contribution in [0.3, 0.4) is 0 Å². The average Bonchev–Trinajstić information content (AvgIpc) is 3.14. The third kappa shape index (κ3) is 3.79. The van der Waals surface area contributed by atoms with Crippen LogP contribution >= 0.6 is 0 Å². The summed E-state index contributed by atoms with van der Waals surface area (Å²) in [5.74, 6) is 0. The van der Waals surface area contributed by atoms with E-state index >= 15 is 0 Å². The van der Waals surface area contributed by atoms with Crippen LogP contribution in [-0.4, -0.2) is 33.7 Å². The smallest absolute Gasteiger partial charge is 0.115 e. The summed E-state index contributed by atoms with van der Waals surface area (Å²) in [4.78, 5) is 12.9. The van der Waals surface area contributed by atoms with Crippen molar-refractivity contribution in [2.75, 3.05) is 13.2 Å². The predicted molar refractivity (Wildman–Crippen MR) is 101 cm³/mol. The van der Waals surface area contributed by atoms with Crippen LogP contribution in [0.4, 0.5) is 0 Å². The molecule has 1 unspecified atom stereocenters. The van der Waals surface area contributed by atoms with Crippen molar-refractivity contribution in [1.82, 2.24) is 20.3 Å². The molecule has 5 nitrogen and oxygen atoms in total. The summed E-state index contributed by atoms with van der Waals surface area (Å²) >= 11 is 0. The second kappa shape index (κ2) is 7.80. The van der Waals surface area contributed by atoms with E-state index in [0.29, 0.717) is 0 Å². The number of aromatic nitrogens is 3. The van der Waals surface area contributed by atoms with Crippen molar-refractivity contribution in [3.8, 4) is 0 Å². The fraction of sp³-hybridized carbons (Fsp3) is 0.571.